The monoisotopic (exact) mass is 453 g/mol. The highest BCUT2D eigenvalue weighted by Crippen LogP contribution is 2.33. The number of benzene rings is 2. The van der Waals surface area contributed by atoms with Crippen LogP contribution in [0.15, 0.2) is 66.1 Å². The highest BCUT2D eigenvalue weighted by Gasteiger charge is 2.20. The van der Waals surface area contributed by atoms with E-state index in [1.54, 1.807) is 28.4 Å². The smallest absolute Gasteiger partial charge is 0.196 e. The molecule has 4 aromatic heterocycles. The van der Waals surface area contributed by atoms with Gasteiger partial charge in [-0.15, -0.1) is 5.10 Å². The molecule has 8 nitrogen and oxygen atoms in total. The number of aromatic nitrogens is 6. The minimum Gasteiger partial charge on any atom is -0.387 e. The number of fused-ring (bicyclic) bond motifs is 4. The summed E-state index contributed by atoms with van der Waals surface area (Å²) in [4.78, 5) is 19.7. The van der Waals surface area contributed by atoms with E-state index in [9.17, 15) is 0 Å². The summed E-state index contributed by atoms with van der Waals surface area (Å²) >= 11 is 1.65. The van der Waals surface area contributed by atoms with Crippen LogP contribution in [0.25, 0.3) is 32.0 Å². The van der Waals surface area contributed by atoms with Crippen LogP contribution in [0.4, 0.5) is 0 Å². The maximum Gasteiger partial charge on any atom is 0.196 e. The molecule has 0 unspecified atom stereocenters. The van der Waals surface area contributed by atoms with Crippen molar-refractivity contribution < 1.29 is 4.84 Å². The van der Waals surface area contributed by atoms with Gasteiger partial charge in [-0.2, -0.15) is 0 Å². The Morgan fingerprint density at radius 1 is 1.00 bits per heavy atom. The van der Waals surface area contributed by atoms with Crippen LogP contribution in [-0.4, -0.2) is 35.3 Å². The summed E-state index contributed by atoms with van der Waals surface area (Å²) in [7, 11) is 0. The molecule has 0 aliphatic carbocycles. The fraction of sp³-hybridized carbons (Fsp3) is 0.125. The van der Waals surface area contributed by atoms with Crippen LogP contribution in [0.1, 0.15) is 22.6 Å². The van der Waals surface area contributed by atoms with E-state index in [0.29, 0.717) is 5.82 Å². The number of nitrogens with zero attached hydrogens (tertiary/aromatic N) is 7. The predicted octanol–water partition coefficient (Wildman–Crippen LogP) is 4.85. The summed E-state index contributed by atoms with van der Waals surface area (Å²) in [5.74, 6) is 0.541. The predicted molar refractivity (Wildman–Crippen MR) is 129 cm³/mol. The largest absolute Gasteiger partial charge is 0.387 e. The Morgan fingerprint density at radius 3 is 2.67 bits per heavy atom. The van der Waals surface area contributed by atoms with Gasteiger partial charge in [-0.25, -0.2) is 19.5 Å². The molecular weight excluding hydrogens is 434 g/mol. The van der Waals surface area contributed by atoms with Crippen molar-refractivity contribution in [2.75, 3.05) is 0 Å². The van der Waals surface area contributed by atoms with Gasteiger partial charge in [-0.3, -0.25) is 4.57 Å². The van der Waals surface area contributed by atoms with Crippen molar-refractivity contribution >= 4 is 44.4 Å². The molecule has 162 valence electrons. The third kappa shape index (κ3) is 3.33. The number of hydrogen-bond acceptors (Lipinski definition) is 7. The normalized spacial score (nSPS) is 11.9. The van der Waals surface area contributed by atoms with Crippen molar-refractivity contribution in [2.24, 2.45) is 5.16 Å². The van der Waals surface area contributed by atoms with Crippen LogP contribution in [-0.2, 0) is 11.4 Å². The van der Waals surface area contributed by atoms with Gasteiger partial charge in [0, 0.05) is 5.69 Å². The lowest BCUT2D eigenvalue weighted by atomic mass is 10.2. The average molecular weight is 454 g/mol. The van der Waals surface area contributed by atoms with Crippen LogP contribution < -0.4 is 0 Å². The van der Waals surface area contributed by atoms with Gasteiger partial charge in [-0.05, 0) is 37.1 Å². The van der Waals surface area contributed by atoms with Gasteiger partial charge in [-0.1, -0.05) is 59.0 Å². The first-order valence-corrected chi connectivity index (χ1v) is 11.3. The summed E-state index contributed by atoms with van der Waals surface area (Å²) in [6, 6.07) is 17.9. The standard InChI is InChI=1S/C24H19N7OS/c1-15-16(2)31(24-27-18-10-6-7-11-19(18)33-24)22-21(15)23-28-20(29-30(23)14-25-22)13-32-26-12-17-8-4-3-5-9-17/h3-12,14H,13H2,1-2H3/b26-12-. The Kier molecular flexibility index (Phi) is 4.62. The Bertz CT molecular complexity index is 1610. The van der Waals surface area contributed by atoms with E-state index in [4.69, 9.17) is 19.8 Å². The van der Waals surface area contributed by atoms with Gasteiger partial charge in [0.25, 0.3) is 0 Å². The molecule has 4 heterocycles. The summed E-state index contributed by atoms with van der Waals surface area (Å²) in [5.41, 5.74) is 5.69. The molecule has 0 spiro atoms. The van der Waals surface area contributed by atoms with Crippen LogP contribution in [0.2, 0.25) is 0 Å². The number of aryl methyl sites for hydroxylation is 1. The number of thiazole rings is 1. The third-order valence-corrected chi connectivity index (χ3v) is 6.64. The molecule has 33 heavy (non-hydrogen) atoms. The molecular formula is C24H19N7OS. The number of rotatable bonds is 5. The van der Waals surface area contributed by atoms with Crippen LogP contribution >= 0.6 is 11.3 Å². The molecule has 0 saturated carbocycles. The average Bonchev–Trinajstić information content (AvgIpc) is 3.51. The second-order valence-corrected chi connectivity index (χ2v) is 8.68. The van der Waals surface area contributed by atoms with Crippen molar-refractivity contribution in [2.45, 2.75) is 20.5 Å². The van der Waals surface area contributed by atoms with Gasteiger partial charge in [0.2, 0.25) is 0 Å². The second-order valence-electron chi connectivity index (χ2n) is 7.67. The van der Waals surface area contributed by atoms with Gasteiger partial charge >= 0.3 is 0 Å². The van der Waals surface area contributed by atoms with Gasteiger partial charge < -0.3 is 4.84 Å². The molecule has 9 heteroatoms. The Hall–Kier alpha value is -4.11. The maximum absolute atomic E-state index is 5.42. The van der Waals surface area contributed by atoms with E-state index in [1.165, 1.54) is 0 Å². The second kappa shape index (κ2) is 7.79. The lowest BCUT2D eigenvalue weighted by Crippen LogP contribution is -1.98. The third-order valence-electron chi connectivity index (χ3n) is 5.62. The van der Waals surface area contributed by atoms with Crippen LogP contribution in [0.3, 0.4) is 0 Å². The quantitative estimate of drug-likeness (QED) is 0.275. The molecule has 6 rings (SSSR count). The lowest BCUT2D eigenvalue weighted by Gasteiger charge is -2.02. The highest BCUT2D eigenvalue weighted by atomic mass is 32.1. The van der Waals surface area contributed by atoms with E-state index in [0.717, 1.165) is 48.8 Å². The molecule has 0 atom stereocenters. The number of para-hydroxylation sites is 1. The molecule has 0 aliphatic rings. The summed E-state index contributed by atoms with van der Waals surface area (Å²) < 4.78 is 4.94. The fourth-order valence-corrected chi connectivity index (χ4v) is 4.91. The first-order chi connectivity index (χ1) is 16.2. The Balaban J connectivity index is 1.37. The zero-order valence-corrected chi connectivity index (χ0v) is 18.8. The van der Waals surface area contributed by atoms with Gasteiger partial charge in [0.15, 0.2) is 28.9 Å². The SMILES string of the molecule is Cc1c(C)n(-c2nc3ccccc3s2)c2ncn3nc(CO/N=C\c4ccccc4)nc3c12. The number of oxime groups is 1. The minimum atomic E-state index is 0.170. The molecule has 2 aromatic carbocycles. The van der Waals surface area contributed by atoms with E-state index in [1.807, 2.05) is 48.5 Å². The van der Waals surface area contributed by atoms with Crippen molar-refractivity contribution in [3.63, 3.8) is 0 Å². The van der Waals surface area contributed by atoms with E-state index in [-0.39, 0.29) is 6.61 Å². The molecule has 0 saturated heterocycles. The molecule has 0 N–H and O–H groups in total. The van der Waals surface area contributed by atoms with Gasteiger partial charge in [0.05, 0.1) is 21.8 Å². The molecule has 0 aliphatic heterocycles. The van der Waals surface area contributed by atoms with E-state index >= 15 is 0 Å². The minimum absolute atomic E-state index is 0.170. The van der Waals surface area contributed by atoms with Crippen molar-refractivity contribution in [3.8, 4) is 5.13 Å². The molecule has 0 amide bonds. The van der Waals surface area contributed by atoms with E-state index in [2.05, 4.69) is 34.7 Å². The van der Waals surface area contributed by atoms with Crippen molar-refractivity contribution in [1.82, 2.24) is 29.1 Å². The van der Waals surface area contributed by atoms with Crippen molar-refractivity contribution in [1.29, 1.82) is 0 Å². The van der Waals surface area contributed by atoms with E-state index < -0.39 is 0 Å². The first kappa shape index (κ1) is 19.6. The zero-order valence-electron chi connectivity index (χ0n) is 18.0. The highest BCUT2D eigenvalue weighted by molar-refractivity contribution is 7.20. The fourth-order valence-electron chi connectivity index (χ4n) is 3.89. The lowest BCUT2D eigenvalue weighted by molar-refractivity contribution is 0.126. The van der Waals surface area contributed by atoms with Crippen LogP contribution in [0, 0.1) is 13.8 Å². The zero-order chi connectivity index (χ0) is 22.4. The molecule has 6 aromatic rings. The Labute approximate surface area is 192 Å². The summed E-state index contributed by atoms with van der Waals surface area (Å²) in [6.45, 7) is 4.33. The summed E-state index contributed by atoms with van der Waals surface area (Å²) in [6.07, 6.45) is 3.35. The van der Waals surface area contributed by atoms with Gasteiger partial charge in [0.1, 0.15) is 6.33 Å². The molecule has 0 fully saturated rings. The molecule has 0 bridgehead atoms. The Morgan fingerprint density at radius 2 is 1.82 bits per heavy atom. The van der Waals surface area contributed by atoms with Crippen molar-refractivity contribution in [3.05, 3.63) is 83.6 Å². The summed E-state index contributed by atoms with van der Waals surface area (Å²) in [5, 5.41) is 10.4. The maximum atomic E-state index is 5.42. The topological polar surface area (TPSA) is 82.5 Å². The first-order valence-electron chi connectivity index (χ1n) is 10.5. The molecule has 0 radical (unpaired) electrons. The van der Waals surface area contributed by atoms with Crippen LogP contribution in [0.5, 0.6) is 0 Å². The number of hydrogen-bond donors (Lipinski definition) is 0.